The van der Waals surface area contributed by atoms with Gasteiger partial charge in [-0.3, -0.25) is 0 Å². The van der Waals surface area contributed by atoms with E-state index in [4.69, 9.17) is 58.0 Å². The third kappa shape index (κ3) is 0.941. The van der Waals surface area contributed by atoms with E-state index >= 15 is 0 Å². The summed E-state index contributed by atoms with van der Waals surface area (Å²) in [7, 11) is 0. The molecule has 0 nitrogen and oxygen atoms in total. The Morgan fingerprint density at radius 1 is 0.833 bits per heavy atom. The van der Waals surface area contributed by atoms with Gasteiger partial charge in [-0.1, -0.05) is 0 Å². The summed E-state index contributed by atoms with van der Waals surface area (Å²) in [6, 6.07) is 0. The topological polar surface area (TPSA) is 0 Å². The van der Waals surface area contributed by atoms with E-state index < -0.39 is 9.75 Å². The van der Waals surface area contributed by atoms with Crippen molar-refractivity contribution in [3.8, 4) is 0 Å². The number of hydrogen-bond acceptors (Lipinski definition) is 0. The van der Waals surface area contributed by atoms with Crippen LogP contribution in [-0.2, 0) is 0 Å². The van der Waals surface area contributed by atoms with Crippen LogP contribution >= 0.6 is 58.0 Å². The minimum atomic E-state index is -0.600. The van der Waals surface area contributed by atoms with Gasteiger partial charge in [0.2, 0.25) is 0 Å². The van der Waals surface area contributed by atoms with Crippen LogP contribution in [0.15, 0.2) is 0 Å². The maximum atomic E-state index is 6.25. The Morgan fingerprint density at radius 3 is 1.33 bits per heavy atom. The van der Waals surface area contributed by atoms with Gasteiger partial charge >= 0.3 is 0 Å². The van der Waals surface area contributed by atoms with Crippen LogP contribution in [0.25, 0.3) is 0 Å². The summed E-state index contributed by atoms with van der Waals surface area (Å²) in [5.74, 6) is 0. The molecule has 2 saturated carbocycles. The lowest BCUT2D eigenvalue weighted by molar-refractivity contribution is 0.531. The van der Waals surface area contributed by atoms with E-state index in [2.05, 4.69) is 0 Å². The van der Waals surface area contributed by atoms with Crippen LogP contribution in [0.3, 0.4) is 0 Å². The van der Waals surface area contributed by atoms with Crippen LogP contribution in [0.4, 0.5) is 0 Å². The highest BCUT2D eigenvalue weighted by Crippen LogP contribution is 2.63. The van der Waals surface area contributed by atoms with Crippen molar-refractivity contribution in [2.45, 2.75) is 38.7 Å². The van der Waals surface area contributed by atoms with E-state index in [0.717, 1.165) is 12.8 Å². The first-order valence-electron chi connectivity index (χ1n) is 3.73. The molecule has 2 fully saturated rings. The molecule has 0 amide bonds. The van der Waals surface area contributed by atoms with Gasteiger partial charge in [0, 0.05) is 0 Å². The summed E-state index contributed by atoms with van der Waals surface area (Å²) in [6.07, 6.45) is 1.51. The van der Waals surface area contributed by atoms with Gasteiger partial charge in [0.05, 0.1) is 25.9 Å². The molecule has 2 bridgehead atoms. The van der Waals surface area contributed by atoms with Crippen molar-refractivity contribution in [2.75, 3.05) is 0 Å². The zero-order valence-corrected chi connectivity index (χ0v) is 9.82. The first-order valence-corrected chi connectivity index (χ1v) is 5.79. The summed E-state index contributed by atoms with van der Waals surface area (Å²) in [5, 5.41) is -0.970. The van der Waals surface area contributed by atoms with Crippen molar-refractivity contribution < 1.29 is 0 Å². The normalized spacial score (nSPS) is 64.2. The average Bonchev–Trinajstić information content (AvgIpc) is 2.33. The molecule has 0 aliphatic heterocycles. The van der Waals surface area contributed by atoms with E-state index in [9.17, 15) is 0 Å². The molecular weight excluding hydrogens is 261 g/mol. The highest BCUT2D eigenvalue weighted by atomic mass is 35.5. The second-order valence-electron chi connectivity index (χ2n) is 3.52. The molecule has 0 heterocycles. The number of alkyl halides is 5. The molecule has 0 spiro atoms. The molecule has 4 unspecified atom stereocenters. The molecule has 5 heteroatoms. The predicted octanol–water partition coefficient (Wildman–Crippen LogP) is 3.57. The molecule has 0 radical (unpaired) electrons. The zero-order valence-electron chi connectivity index (χ0n) is 6.04. The van der Waals surface area contributed by atoms with E-state index in [1.165, 1.54) is 0 Å². The first kappa shape index (κ1) is 9.98. The molecule has 0 N–H and O–H groups in total. The first-order chi connectivity index (χ1) is 5.43. The fourth-order valence-electron chi connectivity index (χ4n) is 2.08. The molecule has 4 atom stereocenters. The predicted molar refractivity (Wildman–Crippen MR) is 55.3 cm³/mol. The molecule has 0 aromatic rings. The highest BCUT2D eigenvalue weighted by molar-refractivity contribution is 6.48. The van der Waals surface area contributed by atoms with Gasteiger partial charge in [0.25, 0.3) is 0 Å². The molecule has 0 aromatic heterocycles. The second-order valence-corrected chi connectivity index (χ2v) is 6.30. The Morgan fingerprint density at radius 2 is 1.17 bits per heavy atom. The van der Waals surface area contributed by atoms with Crippen LogP contribution in [-0.4, -0.2) is 25.9 Å². The van der Waals surface area contributed by atoms with Gasteiger partial charge in [-0.25, -0.2) is 0 Å². The summed E-state index contributed by atoms with van der Waals surface area (Å²) in [4.78, 5) is -1.20. The van der Waals surface area contributed by atoms with Gasteiger partial charge in [0.1, 0.15) is 0 Å². The second kappa shape index (κ2) is 2.73. The van der Waals surface area contributed by atoms with Gasteiger partial charge in [-0.05, 0) is 12.8 Å². The SMILES string of the molecule is ClC1C(Cl)C2(Cl)CCC1(Cl)C2Cl. The van der Waals surface area contributed by atoms with Crippen molar-refractivity contribution in [3.05, 3.63) is 0 Å². The molecule has 70 valence electrons. The largest absolute Gasteiger partial charge is 0.119 e. The third-order valence-corrected chi connectivity index (χ3v) is 6.83. The van der Waals surface area contributed by atoms with Gasteiger partial charge in [-0.15, -0.1) is 58.0 Å². The van der Waals surface area contributed by atoms with Gasteiger partial charge in [-0.2, -0.15) is 0 Å². The lowest BCUT2D eigenvalue weighted by Gasteiger charge is -2.29. The quantitative estimate of drug-likeness (QED) is 0.589. The molecule has 2 aliphatic carbocycles. The minimum absolute atomic E-state index is 0.321. The van der Waals surface area contributed by atoms with Crippen molar-refractivity contribution in [1.82, 2.24) is 0 Å². The molecule has 0 saturated heterocycles. The number of rotatable bonds is 0. The Bertz CT molecular complexity index is 198. The summed E-state index contributed by atoms with van der Waals surface area (Å²) in [5.41, 5.74) is 0. The van der Waals surface area contributed by atoms with Crippen LogP contribution < -0.4 is 0 Å². The van der Waals surface area contributed by atoms with Crippen LogP contribution in [0.2, 0.25) is 0 Å². The summed E-state index contributed by atoms with van der Waals surface area (Å²) < 4.78 is 0. The molecule has 0 aromatic carbocycles. The summed E-state index contributed by atoms with van der Waals surface area (Å²) >= 11 is 30.7. The van der Waals surface area contributed by atoms with E-state index in [1.807, 2.05) is 0 Å². The standard InChI is InChI=1S/C7H7Cl5/c8-3-4(9)7(12)2-1-6(3,11)5(7)10/h3-5H,1-2H2. The maximum absolute atomic E-state index is 6.25. The Balaban J connectivity index is 2.43. The van der Waals surface area contributed by atoms with Crippen LogP contribution in [0.1, 0.15) is 12.8 Å². The van der Waals surface area contributed by atoms with Gasteiger partial charge < -0.3 is 0 Å². The average molecular weight is 268 g/mol. The van der Waals surface area contributed by atoms with E-state index in [-0.39, 0.29) is 16.1 Å². The van der Waals surface area contributed by atoms with Crippen molar-refractivity contribution in [3.63, 3.8) is 0 Å². The number of halogens is 5. The monoisotopic (exact) mass is 266 g/mol. The number of hydrogen-bond donors (Lipinski definition) is 0. The fourth-order valence-corrected chi connectivity index (χ4v) is 4.63. The van der Waals surface area contributed by atoms with Gasteiger partial charge in [0.15, 0.2) is 0 Å². The smallest absolute Gasteiger partial charge is 0.0806 e. The maximum Gasteiger partial charge on any atom is 0.0806 e. The van der Waals surface area contributed by atoms with E-state index in [1.54, 1.807) is 0 Å². The zero-order chi connectivity index (χ0) is 9.15. The minimum Gasteiger partial charge on any atom is -0.119 e. The van der Waals surface area contributed by atoms with Crippen molar-refractivity contribution in [1.29, 1.82) is 0 Å². The Kier molecular flexibility index (Phi) is 2.27. The summed E-state index contributed by atoms with van der Waals surface area (Å²) in [6.45, 7) is 0. The lowest BCUT2D eigenvalue weighted by atomic mass is 9.99. The third-order valence-electron chi connectivity index (χ3n) is 2.91. The Hall–Kier alpha value is 1.45. The number of fused-ring (bicyclic) bond motifs is 2. The molecular formula is C7H7Cl5. The fraction of sp³-hybridized carbons (Fsp3) is 1.00. The van der Waals surface area contributed by atoms with Crippen molar-refractivity contribution >= 4 is 58.0 Å². The molecule has 2 aliphatic rings. The van der Waals surface area contributed by atoms with E-state index in [0.29, 0.717) is 0 Å². The lowest BCUT2D eigenvalue weighted by Crippen LogP contribution is -2.37. The van der Waals surface area contributed by atoms with Crippen molar-refractivity contribution in [2.24, 2.45) is 0 Å². The Labute approximate surface area is 96.4 Å². The molecule has 2 rings (SSSR count). The van der Waals surface area contributed by atoms with Crippen LogP contribution in [0.5, 0.6) is 0 Å². The highest BCUT2D eigenvalue weighted by Gasteiger charge is 2.70. The molecule has 12 heavy (non-hydrogen) atoms. The van der Waals surface area contributed by atoms with Crippen LogP contribution in [0, 0.1) is 0 Å².